The number of anilines is 2. The molecule has 0 aliphatic heterocycles. The second-order valence-electron chi connectivity index (χ2n) is 5.83. The van der Waals surface area contributed by atoms with Crippen molar-refractivity contribution in [3.05, 3.63) is 78.3 Å². The Morgan fingerprint density at radius 2 is 1.89 bits per heavy atom. The number of allylic oxidation sites excluding steroid dienone is 1. The SMILES string of the molecule is C/C=C\N=CNc1ccc(OCC(=O)Nc2cc(-c3ccccc3)cs2)cc1. The number of amides is 1. The van der Waals surface area contributed by atoms with Crippen molar-refractivity contribution in [2.45, 2.75) is 6.92 Å². The number of nitrogens with zero attached hydrogens (tertiary/aromatic N) is 1. The quantitative estimate of drug-likeness (QED) is 0.399. The Morgan fingerprint density at radius 1 is 1.11 bits per heavy atom. The van der Waals surface area contributed by atoms with E-state index >= 15 is 0 Å². The van der Waals surface area contributed by atoms with Gasteiger partial charge in [-0.2, -0.15) is 0 Å². The minimum atomic E-state index is -0.192. The Balaban J connectivity index is 1.47. The summed E-state index contributed by atoms with van der Waals surface area (Å²) in [7, 11) is 0. The van der Waals surface area contributed by atoms with E-state index < -0.39 is 0 Å². The van der Waals surface area contributed by atoms with E-state index in [9.17, 15) is 4.79 Å². The number of carbonyl (C=O) groups excluding carboxylic acids is 1. The summed E-state index contributed by atoms with van der Waals surface area (Å²) in [4.78, 5) is 16.2. The number of hydrogen-bond donors (Lipinski definition) is 2. The van der Waals surface area contributed by atoms with Crippen LogP contribution in [0.1, 0.15) is 6.92 Å². The summed E-state index contributed by atoms with van der Waals surface area (Å²) in [6, 6.07) is 19.4. The molecular weight excluding hydrogens is 370 g/mol. The molecule has 0 radical (unpaired) electrons. The average molecular weight is 391 g/mol. The van der Waals surface area contributed by atoms with E-state index in [1.54, 1.807) is 24.7 Å². The maximum absolute atomic E-state index is 12.1. The van der Waals surface area contributed by atoms with Crippen LogP contribution in [0.5, 0.6) is 5.75 Å². The minimum Gasteiger partial charge on any atom is -0.484 e. The van der Waals surface area contributed by atoms with Crippen LogP contribution < -0.4 is 15.4 Å². The van der Waals surface area contributed by atoms with Crippen LogP contribution in [0.25, 0.3) is 11.1 Å². The van der Waals surface area contributed by atoms with Gasteiger partial charge in [-0.1, -0.05) is 36.4 Å². The second-order valence-corrected chi connectivity index (χ2v) is 6.74. The highest BCUT2D eigenvalue weighted by molar-refractivity contribution is 7.14. The Labute approximate surface area is 168 Å². The van der Waals surface area contributed by atoms with Crippen LogP contribution >= 0.6 is 11.3 Å². The van der Waals surface area contributed by atoms with Crippen LogP contribution in [-0.2, 0) is 4.79 Å². The molecule has 0 saturated heterocycles. The van der Waals surface area contributed by atoms with Gasteiger partial charge in [0.2, 0.25) is 0 Å². The van der Waals surface area contributed by atoms with Gasteiger partial charge in [0.15, 0.2) is 6.61 Å². The Morgan fingerprint density at radius 3 is 2.64 bits per heavy atom. The van der Waals surface area contributed by atoms with E-state index in [2.05, 4.69) is 15.6 Å². The molecule has 5 nitrogen and oxygen atoms in total. The van der Waals surface area contributed by atoms with Crippen LogP contribution in [0.2, 0.25) is 0 Å². The summed E-state index contributed by atoms with van der Waals surface area (Å²) < 4.78 is 5.55. The zero-order valence-electron chi connectivity index (χ0n) is 15.5. The van der Waals surface area contributed by atoms with Gasteiger partial charge in [0.05, 0.1) is 11.3 Å². The zero-order chi connectivity index (χ0) is 19.6. The smallest absolute Gasteiger partial charge is 0.262 e. The number of thiophene rings is 1. The zero-order valence-corrected chi connectivity index (χ0v) is 16.3. The first-order valence-electron chi connectivity index (χ1n) is 8.80. The lowest BCUT2D eigenvalue weighted by molar-refractivity contribution is -0.118. The van der Waals surface area contributed by atoms with Crippen molar-refractivity contribution < 1.29 is 9.53 Å². The van der Waals surface area contributed by atoms with Crippen LogP contribution in [-0.4, -0.2) is 18.9 Å². The summed E-state index contributed by atoms with van der Waals surface area (Å²) >= 11 is 1.49. The highest BCUT2D eigenvalue weighted by atomic mass is 32.1. The fraction of sp³-hybridized carbons (Fsp3) is 0.0909. The molecule has 2 aromatic carbocycles. The van der Waals surface area contributed by atoms with Gasteiger partial charge < -0.3 is 15.4 Å². The Hall–Kier alpha value is -3.38. The first-order valence-corrected chi connectivity index (χ1v) is 9.68. The molecule has 3 rings (SSSR count). The monoisotopic (exact) mass is 391 g/mol. The van der Waals surface area contributed by atoms with Crippen molar-refractivity contribution in [2.75, 3.05) is 17.2 Å². The van der Waals surface area contributed by atoms with E-state index in [0.717, 1.165) is 21.8 Å². The van der Waals surface area contributed by atoms with Gasteiger partial charge in [-0.25, -0.2) is 4.99 Å². The lowest BCUT2D eigenvalue weighted by Crippen LogP contribution is -2.19. The highest BCUT2D eigenvalue weighted by Crippen LogP contribution is 2.28. The van der Waals surface area contributed by atoms with E-state index in [-0.39, 0.29) is 12.5 Å². The third kappa shape index (κ3) is 5.82. The van der Waals surface area contributed by atoms with Gasteiger partial charge >= 0.3 is 0 Å². The summed E-state index contributed by atoms with van der Waals surface area (Å²) in [5.41, 5.74) is 3.10. The third-order valence-electron chi connectivity index (χ3n) is 3.73. The van der Waals surface area contributed by atoms with Gasteiger partial charge in [0.1, 0.15) is 5.75 Å². The van der Waals surface area contributed by atoms with Crippen LogP contribution in [0.4, 0.5) is 10.7 Å². The highest BCUT2D eigenvalue weighted by Gasteiger charge is 2.07. The molecule has 0 aliphatic carbocycles. The number of ether oxygens (including phenoxy) is 1. The van der Waals surface area contributed by atoms with Crippen molar-refractivity contribution in [1.29, 1.82) is 0 Å². The molecule has 6 heteroatoms. The minimum absolute atomic E-state index is 0.0475. The van der Waals surface area contributed by atoms with Crippen molar-refractivity contribution in [3.8, 4) is 16.9 Å². The summed E-state index contributed by atoms with van der Waals surface area (Å²) in [5.74, 6) is 0.435. The van der Waals surface area contributed by atoms with Gasteiger partial charge in [0.25, 0.3) is 5.91 Å². The number of carbonyl (C=O) groups is 1. The molecule has 0 bridgehead atoms. The van der Waals surface area contributed by atoms with E-state index in [1.165, 1.54) is 11.3 Å². The lowest BCUT2D eigenvalue weighted by Gasteiger charge is -2.07. The molecule has 0 unspecified atom stereocenters. The lowest BCUT2D eigenvalue weighted by atomic mass is 10.1. The van der Waals surface area contributed by atoms with E-state index in [4.69, 9.17) is 4.74 Å². The maximum atomic E-state index is 12.1. The van der Waals surface area contributed by atoms with Gasteiger partial charge in [-0.15, -0.1) is 11.3 Å². The molecular formula is C22H21N3O2S. The predicted octanol–water partition coefficient (Wildman–Crippen LogP) is 5.41. The standard InChI is InChI=1S/C22H21N3O2S/c1-2-12-23-16-24-19-8-10-20(11-9-19)27-14-21(26)25-22-13-18(15-28-22)17-6-4-3-5-7-17/h2-13,15-16H,14H2,1H3,(H,23,24)(H,25,26)/b12-2-. The number of aliphatic imine (C=N–C) groups is 1. The Bertz CT molecular complexity index is 947. The first kappa shape index (κ1) is 19.4. The largest absolute Gasteiger partial charge is 0.484 e. The normalized spacial score (nSPS) is 11.0. The molecule has 0 saturated carbocycles. The maximum Gasteiger partial charge on any atom is 0.262 e. The molecule has 0 aliphatic rings. The molecule has 2 N–H and O–H groups in total. The van der Waals surface area contributed by atoms with E-state index in [0.29, 0.717) is 5.75 Å². The number of hydrogen-bond acceptors (Lipinski definition) is 4. The fourth-order valence-electron chi connectivity index (χ4n) is 2.39. The third-order valence-corrected chi connectivity index (χ3v) is 4.58. The molecule has 0 atom stereocenters. The second kappa shape index (κ2) is 10.1. The van der Waals surface area contributed by atoms with Crippen LogP contribution in [0.15, 0.2) is 83.3 Å². The molecule has 0 fully saturated rings. The van der Waals surface area contributed by atoms with E-state index in [1.807, 2.05) is 66.9 Å². The fourth-order valence-corrected chi connectivity index (χ4v) is 3.22. The van der Waals surface area contributed by atoms with Crippen LogP contribution in [0, 0.1) is 0 Å². The number of rotatable bonds is 8. The summed E-state index contributed by atoms with van der Waals surface area (Å²) in [6.07, 6.45) is 5.15. The van der Waals surface area contributed by atoms with Crippen LogP contribution in [0.3, 0.4) is 0 Å². The van der Waals surface area contributed by atoms with Crippen molar-refractivity contribution in [1.82, 2.24) is 0 Å². The van der Waals surface area contributed by atoms with Gasteiger partial charge in [-0.3, -0.25) is 4.79 Å². The summed E-state index contributed by atoms with van der Waals surface area (Å²) in [6.45, 7) is 1.86. The number of benzene rings is 2. The van der Waals surface area contributed by atoms with Gasteiger partial charge in [-0.05, 0) is 48.4 Å². The molecule has 1 aromatic heterocycles. The van der Waals surface area contributed by atoms with Crippen molar-refractivity contribution in [3.63, 3.8) is 0 Å². The number of nitrogens with one attached hydrogen (secondary N) is 2. The predicted molar refractivity (Wildman–Crippen MR) is 117 cm³/mol. The molecule has 28 heavy (non-hydrogen) atoms. The molecule has 1 heterocycles. The molecule has 3 aromatic rings. The van der Waals surface area contributed by atoms with Crippen molar-refractivity contribution >= 4 is 34.3 Å². The Kier molecular flexibility index (Phi) is 6.98. The van der Waals surface area contributed by atoms with Crippen molar-refractivity contribution in [2.24, 2.45) is 4.99 Å². The van der Waals surface area contributed by atoms with Gasteiger partial charge in [0, 0.05) is 17.3 Å². The molecule has 1 amide bonds. The molecule has 142 valence electrons. The summed E-state index contributed by atoms with van der Waals surface area (Å²) in [5, 5.41) is 8.74. The molecule has 0 spiro atoms. The average Bonchev–Trinajstić information content (AvgIpc) is 3.20. The first-order chi connectivity index (χ1) is 13.7. The topological polar surface area (TPSA) is 62.7 Å².